The predicted octanol–water partition coefficient (Wildman–Crippen LogP) is -0.124. The molecule has 1 aliphatic rings. The predicted molar refractivity (Wildman–Crippen MR) is 49.9 cm³/mol. The van der Waals surface area contributed by atoms with Crippen LogP contribution in [0.5, 0.6) is 0 Å². The van der Waals surface area contributed by atoms with Crippen LogP contribution in [0.2, 0.25) is 0 Å². The third-order valence-electron chi connectivity index (χ3n) is 2.01. The summed E-state index contributed by atoms with van der Waals surface area (Å²) in [5.74, 6) is 0.257. The van der Waals surface area contributed by atoms with Gasteiger partial charge in [0.05, 0.1) is 0 Å². The minimum Gasteiger partial charge on any atom is -0.479 e. The molecule has 0 aromatic carbocycles. The second kappa shape index (κ2) is 3.87. The molecule has 0 aliphatic carbocycles. The molecule has 74 valence electrons. The molecule has 0 spiro atoms. The van der Waals surface area contributed by atoms with Gasteiger partial charge in [-0.3, -0.25) is 0 Å². The van der Waals surface area contributed by atoms with Gasteiger partial charge in [0.2, 0.25) is 0 Å². The molecule has 1 rings (SSSR count). The third-order valence-corrected chi connectivity index (χ3v) is 3.20. The number of aliphatic carboxylic acids is 1. The van der Waals surface area contributed by atoms with E-state index in [-0.39, 0.29) is 0 Å². The van der Waals surface area contributed by atoms with Crippen LogP contribution in [-0.4, -0.2) is 41.2 Å². The van der Waals surface area contributed by atoms with Crippen molar-refractivity contribution in [1.82, 2.24) is 10.6 Å². The summed E-state index contributed by atoms with van der Waals surface area (Å²) in [7, 11) is 1.47. The van der Waals surface area contributed by atoms with Gasteiger partial charge in [0.15, 0.2) is 0 Å². The summed E-state index contributed by atoms with van der Waals surface area (Å²) >= 11 is 1.54. The van der Waals surface area contributed by atoms with Crippen LogP contribution >= 0.6 is 11.8 Å². The largest absolute Gasteiger partial charge is 0.479 e. The average molecular weight is 204 g/mol. The highest BCUT2D eigenvalue weighted by molar-refractivity contribution is 7.99. The summed E-state index contributed by atoms with van der Waals surface area (Å²) in [6, 6.07) is -0.440. The standard InChI is InChI=1S/C7H12N2O3S/c1-8-6(12)9-7(5(10)11)2-3-13-4-7/h2-4H2,1H3,(H,10,11)(H2,8,9,12). The molecule has 0 radical (unpaired) electrons. The molecule has 1 fully saturated rings. The molecule has 5 nitrogen and oxygen atoms in total. The van der Waals surface area contributed by atoms with Crippen LogP contribution < -0.4 is 10.6 Å². The number of thioether (sulfide) groups is 1. The Bertz CT molecular complexity index is 226. The van der Waals surface area contributed by atoms with Crippen LogP contribution in [0.3, 0.4) is 0 Å². The summed E-state index contributed by atoms with van der Waals surface area (Å²) in [5, 5.41) is 13.8. The Kier molecular flexibility index (Phi) is 3.02. The zero-order valence-electron chi connectivity index (χ0n) is 7.29. The molecular weight excluding hydrogens is 192 g/mol. The number of carbonyl (C=O) groups is 2. The van der Waals surface area contributed by atoms with Crippen molar-refractivity contribution < 1.29 is 14.7 Å². The second-order valence-corrected chi connectivity index (χ2v) is 4.00. The molecular formula is C7H12N2O3S. The molecule has 1 atom stereocenters. The van der Waals surface area contributed by atoms with E-state index in [0.717, 1.165) is 5.75 Å². The van der Waals surface area contributed by atoms with E-state index >= 15 is 0 Å². The van der Waals surface area contributed by atoms with E-state index in [1.807, 2.05) is 0 Å². The normalized spacial score (nSPS) is 26.8. The van der Waals surface area contributed by atoms with Crippen molar-refractivity contribution in [2.75, 3.05) is 18.6 Å². The van der Waals surface area contributed by atoms with Crippen molar-refractivity contribution in [3.8, 4) is 0 Å². The van der Waals surface area contributed by atoms with Crippen LogP contribution in [-0.2, 0) is 4.79 Å². The minimum absolute atomic E-state index is 0.440. The summed E-state index contributed by atoms with van der Waals surface area (Å²) in [5.41, 5.74) is -1.06. The first-order valence-electron chi connectivity index (χ1n) is 3.92. The first-order chi connectivity index (χ1) is 6.10. The smallest absolute Gasteiger partial charge is 0.330 e. The van der Waals surface area contributed by atoms with E-state index in [0.29, 0.717) is 12.2 Å². The SMILES string of the molecule is CNC(=O)NC1(C(=O)O)CCSC1. The second-order valence-electron chi connectivity index (χ2n) is 2.89. The maximum atomic E-state index is 11.0. The van der Waals surface area contributed by atoms with Gasteiger partial charge in [-0.15, -0.1) is 0 Å². The highest BCUT2D eigenvalue weighted by atomic mass is 32.2. The summed E-state index contributed by atoms with van der Waals surface area (Å²) < 4.78 is 0. The van der Waals surface area contributed by atoms with Crippen LogP contribution in [0.1, 0.15) is 6.42 Å². The van der Waals surface area contributed by atoms with Gasteiger partial charge in [0.1, 0.15) is 5.54 Å². The maximum absolute atomic E-state index is 11.0. The van der Waals surface area contributed by atoms with E-state index < -0.39 is 17.5 Å². The number of carboxylic acid groups (broad SMARTS) is 1. The third kappa shape index (κ3) is 2.06. The molecule has 1 unspecified atom stereocenters. The number of rotatable bonds is 2. The lowest BCUT2D eigenvalue weighted by Gasteiger charge is -2.23. The topological polar surface area (TPSA) is 78.4 Å². The van der Waals surface area contributed by atoms with Crippen LogP contribution in [0.25, 0.3) is 0 Å². The van der Waals surface area contributed by atoms with Gasteiger partial charge in [-0.25, -0.2) is 9.59 Å². The lowest BCUT2D eigenvalue weighted by Crippen LogP contribution is -2.56. The lowest BCUT2D eigenvalue weighted by molar-refractivity contribution is -0.143. The summed E-state index contributed by atoms with van der Waals surface area (Å²) in [4.78, 5) is 21.9. The minimum atomic E-state index is -1.06. The maximum Gasteiger partial charge on any atom is 0.330 e. The van der Waals surface area contributed by atoms with E-state index in [4.69, 9.17) is 5.11 Å². The number of nitrogens with one attached hydrogen (secondary N) is 2. The molecule has 0 bridgehead atoms. The fraction of sp³-hybridized carbons (Fsp3) is 0.714. The molecule has 0 aromatic rings. The number of amides is 2. The van der Waals surface area contributed by atoms with Crippen molar-refractivity contribution in [2.45, 2.75) is 12.0 Å². The molecule has 0 aromatic heterocycles. The Hall–Kier alpha value is -0.910. The Morgan fingerprint density at radius 3 is 2.62 bits per heavy atom. The lowest BCUT2D eigenvalue weighted by atomic mass is 10.00. The molecule has 2 amide bonds. The zero-order chi connectivity index (χ0) is 9.90. The molecule has 6 heteroatoms. The van der Waals surface area contributed by atoms with Crippen molar-refractivity contribution >= 4 is 23.8 Å². The Morgan fingerprint density at radius 1 is 1.54 bits per heavy atom. The number of urea groups is 1. The Labute approximate surface area is 80.3 Å². The highest BCUT2D eigenvalue weighted by Crippen LogP contribution is 2.28. The van der Waals surface area contributed by atoms with E-state index in [2.05, 4.69) is 10.6 Å². The number of hydrogen-bond donors (Lipinski definition) is 3. The van der Waals surface area contributed by atoms with E-state index in [1.54, 1.807) is 0 Å². The first-order valence-corrected chi connectivity index (χ1v) is 5.07. The number of hydrogen-bond acceptors (Lipinski definition) is 3. The number of carboxylic acids is 1. The Morgan fingerprint density at radius 2 is 2.23 bits per heavy atom. The summed E-state index contributed by atoms with van der Waals surface area (Å²) in [6.07, 6.45) is 0.487. The monoisotopic (exact) mass is 204 g/mol. The fourth-order valence-electron chi connectivity index (χ4n) is 1.17. The van der Waals surface area contributed by atoms with Crippen molar-refractivity contribution in [3.05, 3.63) is 0 Å². The number of carbonyl (C=O) groups excluding carboxylic acids is 1. The van der Waals surface area contributed by atoms with Crippen molar-refractivity contribution in [3.63, 3.8) is 0 Å². The first kappa shape index (κ1) is 10.2. The van der Waals surface area contributed by atoms with E-state index in [1.165, 1.54) is 18.8 Å². The van der Waals surface area contributed by atoms with Crippen LogP contribution in [0.4, 0.5) is 4.79 Å². The van der Waals surface area contributed by atoms with Gasteiger partial charge in [-0.05, 0) is 12.2 Å². The molecule has 3 N–H and O–H groups in total. The quantitative estimate of drug-likeness (QED) is 0.585. The van der Waals surface area contributed by atoms with E-state index in [9.17, 15) is 9.59 Å². The molecule has 1 heterocycles. The van der Waals surface area contributed by atoms with Gasteiger partial charge in [-0.1, -0.05) is 0 Å². The molecule has 13 heavy (non-hydrogen) atoms. The molecule has 1 saturated heterocycles. The van der Waals surface area contributed by atoms with Crippen molar-refractivity contribution in [2.24, 2.45) is 0 Å². The molecule has 0 saturated carbocycles. The average Bonchev–Trinajstić information content (AvgIpc) is 2.54. The van der Waals surface area contributed by atoms with Gasteiger partial charge >= 0.3 is 12.0 Å². The van der Waals surface area contributed by atoms with Gasteiger partial charge in [0.25, 0.3) is 0 Å². The molecule has 1 aliphatic heterocycles. The fourth-order valence-corrected chi connectivity index (χ4v) is 2.49. The van der Waals surface area contributed by atoms with Crippen molar-refractivity contribution in [1.29, 1.82) is 0 Å². The van der Waals surface area contributed by atoms with Crippen LogP contribution in [0.15, 0.2) is 0 Å². The summed E-state index contributed by atoms with van der Waals surface area (Å²) in [6.45, 7) is 0. The van der Waals surface area contributed by atoms with Gasteiger partial charge in [-0.2, -0.15) is 11.8 Å². The Balaban J connectivity index is 2.68. The zero-order valence-corrected chi connectivity index (χ0v) is 8.11. The highest BCUT2D eigenvalue weighted by Gasteiger charge is 2.43. The van der Waals surface area contributed by atoms with Gasteiger partial charge < -0.3 is 15.7 Å². The van der Waals surface area contributed by atoms with Crippen LogP contribution in [0, 0.1) is 0 Å². The van der Waals surface area contributed by atoms with Gasteiger partial charge in [0, 0.05) is 12.8 Å².